The number of likely N-dealkylation sites (N-methyl/N-ethyl adjacent to an activating group) is 1. The highest BCUT2D eigenvalue weighted by atomic mass is 32.2. The summed E-state index contributed by atoms with van der Waals surface area (Å²) in [6.07, 6.45) is 3.07. The predicted octanol–water partition coefficient (Wildman–Crippen LogP) is 4.90. The summed E-state index contributed by atoms with van der Waals surface area (Å²) < 4.78 is 26.3. The van der Waals surface area contributed by atoms with Gasteiger partial charge in [0.25, 0.3) is 5.91 Å². The lowest BCUT2D eigenvalue weighted by atomic mass is 9.99. The molecule has 0 saturated carbocycles. The standard InChI is InChI=1S/C31H37N5O4S/c1-5-6-18-32-30(37)23-12-17-27-26(21-23)28(31(38)34-27)29(22-10-8-7-9-11-22)33-24-13-15-25(16-14-24)36(41(4,39)40)20-19-35(2)3/h7-17,21,34,38H,5-6,18-20H2,1-4H3,(H,32,37). The van der Waals surface area contributed by atoms with Crippen LogP contribution < -0.4 is 9.62 Å². The summed E-state index contributed by atoms with van der Waals surface area (Å²) in [4.78, 5) is 22.6. The third-order valence-electron chi connectivity index (χ3n) is 6.67. The van der Waals surface area contributed by atoms with E-state index in [4.69, 9.17) is 4.99 Å². The summed E-state index contributed by atoms with van der Waals surface area (Å²) in [5.74, 6) is -0.236. The second-order valence-corrected chi connectivity index (χ2v) is 12.1. The van der Waals surface area contributed by atoms with E-state index in [0.717, 1.165) is 18.4 Å². The van der Waals surface area contributed by atoms with Crippen molar-refractivity contribution in [2.75, 3.05) is 44.3 Å². The van der Waals surface area contributed by atoms with Gasteiger partial charge in [0.15, 0.2) is 5.88 Å². The van der Waals surface area contributed by atoms with Gasteiger partial charge in [-0.2, -0.15) is 0 Å². The van der Waals surface area contributed by atoms with E-state index in [0.29, 0.717) is 58.8 Å². The number of anilines is 1. The number of nitrogens with one attached hydrogen (secondary N) is 2. The van der Waals surface area contributed by atoms with E-state index in [1.165, 1.54) is 10.6 Å². The fourth-order valence-electron chi connectivity index (χ4n) is 4.50. The van der Waals surface area contributed by atoms with Gasteiger partial charge in [-0.25, -0.2) is 13.4 Å². The van der Waals surface area contributed by atoms with Gasteiger partial charge in [-0.1, -0.05) is 43.7 Å². The number of aromatic nitrogens is 1. The molecule has 4 aromatic rings. The molecule has 0 aliphatic carbocycles. The number of H-pyrrole nitrogens is 1. The Bertz CT molecular complexity index is 1630. The number of amides is 1. The molecule has 1 aromatic heterocycles. The van der Waals surface area contributed by atoms with E-state index >= 15 is 0 Å². The molecule has 0 aliphatic rings. The molecule has 0 bridgehead atoms. The minimum atomic E-state index is -3.48. The summed E-state index contributed by atoms with van der Waals surface area (Å²) in [5.41, 5.74) is 4.05. The molecule has 1 heterocycles. The minimum Gasteiger partial charge on any atom is -0.494 e. The molecule has 1 amide bonds. The normalized spacial score (nSPS) is 12.2. The van der Waals surface area contributed by atoms with E-state index in [9.17, 15) is 18.3 Å². The van der Waals surface area contributed by atoms with Crippen molar-refractivity contribution in [2.45, 2.75) is 19.8 Å². The van der Waals surface area contributed by atoms with Crippen LogP contribution in [0.15, 0.2) is 77.8 Å². The molecule has 9 nitrogen and oxygen atoms in total. The van der Waals surface area contributed by atoms with Crippen molar-refractivity contribution in [3.8, 4) is 5.88 Å². The Hall–Kier alpha value is -4.15. The molecule has 4 rings (SSSR count). The number of fused-ring (bicyclic) bond motifs is 1. The third kappa shape index (κ3) is 7.33. The van der Waals surface area contributed by atoms with Gasteiger partial charge >= 0.3 is 0 Å². The van der Waals surface area contributed by atoms with Crippen LogP contribution in [0.5, 0.6) is 5.88 Å². The summed E-state index contributed by atoms with van der Waals surface area (Å²) in [6.45, 7) is 3.56. The number of nitrogens with zero attached hydrogens (tertiary/aromatic N) is 3. The van der Waals surface area contributed by atoms with Crippen molar-refractivity contribution in [3.05, 3.63) is 89.5 Å². The van der Waals surface area contributed by atoms with Crippen LogP contribution in [-0.2, 0) is 10.0 Å². The van der Waals surface area contributed by atoms with E-state index in [1.54, 1.807) is 42.5 Å². The van der Waals surface area contributed by atoms with Gasteiger partial charge in [0.05, 0.1) is 28.9 Å². The molecule has 216 valence electrons. The number of aromatic amines is 1. The van der Waals surface area contributed by atoms with Crippen molar-refractivity contribution in [2.24, 2.45) is 4.99 Å². The van der Waals surface area contributed by atoms with E-state index in [1.807, 2.05) is 49.3 Å². The zero-order valence-electron chi connectivity index (χ0n) is 23.9. The van der Waals surface area contributed by atoms with Crippen LogP contribution in [0.3, 0.4) is 0 Å². The Morgan fingerprint density at radius 2 is 1.68 bits per heavy atom. The second-order valence-electron chi connectivity index (χ2n) is 10.2. The Labute approximate surface area is 241 Å². The zero-order valence-corrected chi connectivity index (χ0v) is 24.7. The molecule has 41 heavy (non-hydrogen) atoms. The Kier molecular flexibility index (Phi) is 9.46. The van der Waals surface area contributed by atoms with Crippen molar-refractivity contribution >= 4 is 43.9 Å². The van der Waals surface area contributed by atoms with Crippen LogP contribution in [0.4, 0.5) is 11.4 Å². The van der Waals surface area contributed by atoms with Crippen molar-refractivity contribution in [1.29, 1.82) is 0 Å². The molecule has 3 N–H and O–H groups in total. The molecule has 0 saturated heterocycles. The number of benzene rings is 3. The monoisotopic (exact) mass is 575 g/mol. The van der Waals surface area contributed by atoms with Crippen LogP contribution in [0.2, 0.25) is 0 Å². The number of aliphatic imine (C=N–C) groups is 1. The van der Waals surface area contributed by atoms with Crippen LogP contribution >= 0.6 is 0 Å². The maximum absolute atomic E-state index is 12.8. The van der Waals surface area contributed by atoms with Crippen molar-refractivity contribution in [3.63, 3.8) is 0 Å². The maximum Gasteiger partial charge on any atom is 0.251 e. The first kappa shape index (κ1) is 29.8. The maximum atomic E-state index is 12.8. The SMILES string of the molecule is CCCCNC(=O)c1ccc2[nH]c(O)c(C(=Nc3ccc(N(CCN(C)C)S(C)(=O)=O)cc3)c3ccccc3)c2c1. The largest absolute Gasteiger partial charge is 0.494 e. The molecule has 0 radical (unpaired) electrons. The fourth-order valence-corrected chi connectivity index (χ4v) is 5.42. The van der Waals surface area contributed by atoms with Crippen molar-refractivity contribution < 1.29 is 18.3 Å². The molecule has 0 unspecified atom stereocenters. The summed E-state index contributed by atoms with van der Waals surface area (Å²) in [6, 6.07) is 21.7. The number of hydrogen-bond acceptors (Lipinski definition) is 6. The quantitative estimate of drug-likeness (QED) is 0.164. The number of unbranched alkanes of at least 4 members (excludes halogenated alkanes) is 1. The lowest BCUT2D eigenvalue weighted by Gasteiger charge is -2.24. The van der Waals surface area contributed by atoms with Crippen LogP contribution in [0.1, 0.15) is 41.3 Å². The van der Waals surface area contributed by atoms with Gasteiger partial charge in [0.1, 0.15) is 0 Å². The Balaban J connectivity index is 1.78. The Morgan fingerprint density at radius 1 is 0.976 bits per heavy atom. The predicted molar refractivity (Wildman–Crippen MR) is 166 cm³/mol. The van der Waals surface area contributed by atoms with Gasteiger partial charge in [-0.15, -0.1) is 0 Å². The van der Waals surface area contributed by atoms with Gasteiger partial charge in [-0.3, -0.25) is 9.10 Å². The molecule has 0 atom stereocenters. The van der Waals surface area contributed by atoms with Crippen molar-refractivity contribution in [1.82, 2.24) is 15.2 Å². The molecular formula is C31H37N5O4S. The first-order valence-corrected chi connectivity index (χ1v) is 15.4. The summed E-state index contributed by atoms with van der Waals surface area (Å²) in [5, 5.41) is 14.6. The van der Waals surface area contributed by atoms with Gasteiger partial charge < -0.3 is 20.3 Å². The van der Waals surface area contributed by atoms with Gasteiger partial charge in [0, 0.05) is 41.7 Å². The molecule has 0 fully saturated rings. The second kappa shape index (κ2) is 13.0. The number of rotatable bonds is 12. The zero-order chi connectivity index (χ0) is 29.6. The lowest BCUT2D eigenvalue weighted by molar-refractivity contribution is 0.0953. The Morgan fingerprint density at radius 3 is 2.32 bits per heavy atom. The number of carbonyl (C=O) groups is 1. The average Bonchev–Trinajstić information content (AvgIpc) is 3.27. The van der Waals surface area contributed by atoms with Gasteiger partial charge in [0.2, 0.25) is 10.0 Å². The van der Waals surface area contributed by atoms with E-state index in [2.05, 4.69) is 17.2 Å². The van der Waals surface area contributed by atoms with Crippen LogP contribution in [-0.4, -0.2) is 75.0 Å². The van der Waals surface area contributed by atoms with Crippen LogP contribution in [0.25, 0.3) is 10.9 Å². The van der Waals surface area contributed by atoms with E-state index < -0.39 is 10.0 Å². The molecule has 3 aromatic carbocycles. The highest BCUT2D eigenvalue weighted by Gasteiger charge is 2.21. The first-order valence-electron chi connectivity index (χ1n) is 13.6. The third-order valence-corrected chi connectivity index (χ3v) is 7.86. The minimum absolute atomic E-state index is 0.0605. The number of hydrogen-bond donors (Lipinski definition) is 3. The highest BCUT2D eigenvalue weighted by Crippen LogP contribution is 2.33. The number of sulfonamides is 1. The number of aromatic hydroxyl groups is 1. The topological polar surface area (TPSA) is 118 Å². The summed E-state index contributed by atoms with van der Waals surface area (Å²) in [7, 11) is 0.313. The highest BCUT2D eigenvalue weighted by molar-refractivity contribution is 7.92. The smallest absolute Gasteiger partial charge is 0.251 e. The van der Waals surface area contributed by atoms with Gasteiger partial charge in [-0.05, 0) is 63.0 Å². The fraction of sp³-hybridized carbons (Fsp3) is 0.290. The summed E-state index contributed by atoms with van der Waals surface area (Å²) >= 11 is 0. The lowest BCUT2D eigenvalue weighted by Crippen LogP contribution is -2.35. The van der Waals surface area contributed by atoms with Crippen LogP contribution in [0, 0.1) is 0 Å². The number of carbonyl (C=O) groups excluding carboxylic acids is 1. The molecule has 10 heteroatoms. The molecular weight excluding hydrogens is 538 g/mol. The molecule has 0 spiro atoms. The molecule has 0 aliphatic heterocycles. The average molecular weight is 576 g/mol. The van der Waals surface area contributed by atoms with E-state index in [-0.39, 0.29) is 11.8 Å². The first-order chi connectivity index (χ1) is 19.6.